The van der Waals surface area contributed by atoms with Gasteiger partial charge in [0.25, 0.3) is 5.91 Å². The van der Waals surface area contributed by atoms with Gasteiger partial charge in [-0.1, -0.05) is 12.0 Å². The molecule has 0 aliphatic rings. The topological polar surface area (TPSA) is 75.3 Å². The molecule has 7 heteroatoms. The lowest BCUT2D eigenvalue weighted by atomic mass is 10.1. The minimum Gasteiger partial charge on any atom is -0.322 e. The summed E-state index contributed by atoms with van der Waals surface area (Å²) in [5.74, 6) is 1.09. The largest absolute Gasteiger partial charge is 0.322 e. The normalized spacial score (nSPS) is 11.2. The minimum absolute atomic E-state index is 0.0164. The number of amides is 1. The number of benzene rings is 2. The predicted molar refractivity (Wildman–Crippen MR) is 94.2 cm³/mol. The van der Waals surface area contributed by atoms with Gasteiger partial charge in [0.1, 0.15) is 5.82 Å². The summed E-state index contributed by atoms with van der Waals surface area (Å²) in [5, 5.41) is 2.56. The van der Waals surface area contributed by atoms with Gasteiger partial charge < -0.3 is 5.32 Å². The van der Waals surface area contributed by atoms with Crippen molar-refractivity contribution in [2.75, 3.05) is 5.32 Å². The molecule has 0 saturated heterocycles. The van der Waals surface area contributed by atoms with Gasteiger partial charge in [-0.25, -0.2) is 17.5 Å². The molecule has 0 bridgehead atoms. The molecule has 0 aliphatic heterocycles. The number of nitrogens with one attached hydrogen (secondary N) is 2. The maximum atomic E-state index is 13.4. The fraction of sp³-hybridized carbons (Fsp3) is 0.167. The number of hydrogen-bond donors (Lipinski definition) is 2. The van der Waals surface area contributed by atoms with E-state index in [4.69, 9.17) is 6.42 Å². The molecule has 0 spiro atoms. The molecule has 0 radical (unpaired) electrons. The molecule has 2 aromatic rings. The van der Waals surface area contributed by atoms with Crippen LogP contribution in [-0.2, 0) is 10.0 Å². The number of terminal acetylenes is 1. The van der Waals surface area contributed by atoms with Gasteiger partial charge in [0.05, 0.1) is 10.5 Å². The van der Waals surface area contributed by atoms with E-state index < -0.39 is 21.7 Å². The first-order chi connectivity index (χ1) is 11.7. The molecule has 0 aliphatic carbocycles. The van der Waals surface area contributed by atoms with Crippen molar-refractivity contribution in [2.24, 2.45) is 0 Å². The Labute approximate surface area is 146 Å². The smallest absolute Gasteiger partial charge is 0.255 e. The number of carbonyl (C=O) groups is 1. The van der Waals surface area contributed by atoms with Crippen molar-refractivity contribution in [3.05, 3.63) is 59.4 Å². The van der Waals surface area contributed by atoms with Gasteiger partial charge >= 0.3 is 0 Å². The lowest BCUT2D eigenvalue weighted by Crippen LogP contribution is -2.30. The highest BCUT2D eigenvalue weighted by molar-refractivity contribution is 7.89. The van der Waals surface area contributed by atoms with Crippen LogP contribution in [0.25, 0.3) is 0 Å². The van der Waals surface area contributed by atoms with Gasteiger partial charge in [0.15, 0.2) is 0 Å². The Morgan fingerprint density at radius 1 is 1.20 bits per heavy atom. The van der Waals surface area contributed by atoms with Crippen LogP contribution in [0.3, 0.4) is 0 Å². The van der Waals surface area contributed by atoms with Crippen LogP contribution in [0.5, 0.6) is 0 Å². The summed E-state index contributed by atoms with van der Waals surface area (Å²) < 4.78 is 40.2. The van der Waals surface area contributed by atoms with E-state index in [9.17, 15) is 17.6 Å². The van der Waals surface area contributed by atoms with Gasteiger partial charge in [-0.3, -0.25) is 4.79 Å². The van der Waals surface area contributed by atoms with Gasteiger partial charge in [-0.05, 0) is 50.2 Å². The van der Waals surface area contributed by atoms with Crippen LogP contribution in [-0.4, -0.2) is 20.4 Å². The van der Waals surface area contributed by atoms with Gasteiger partial charge in [-0.2, -0.15) is 0 Å². The lowest BCUT2D eigenvalue weighted by molar-refractivity contribution is 0.102. The number of anilines is 1. The van der Waals surface area contributed by atoms with Crippen molar-refractivity contribution in [3.8, 4) is 12.3 Å². The highest BCUT2D eigenvalue weighted by atomic mass is 32.2. The van der Waals surface area contributed by atoms with E-state index >= 15 is 0 Å². The Morgan fingerprint density at radius 3 is 2.56 bits per heavy atom. The van der Waals surface area contributed by atoms with E-state index in [0.29, 0.717) is 5.69 Å². The van der Waals surface area contributed by atoms with Crippen LogP contribution < -0.4 is 10.0 Å². The zero-order valence-electron chi connectivity index (χ0n) is 13.7. The molecule has 0 unspecified atom stereocenters. The van der Waals surface area contributed by atoms with Crippen LogP contribution in [0.1, 0.15) is 29.8 Å². The molecule has 0 atom stereocenters. The first-order valence-corrected chi connectivity index (χ1v) is 8.91. The molecule has 2 rings (SSSR count). The second-order valence-corrected chi connectivity index (χ2v) is 7.31. The number of hydrogen-bond acceptors (Lipinski definition) is 3. The summed E-state index contributed by atoms with van der Waals surface area (Å²) in [4.78, 5) is 12.3. The first-order valence-electron chi connectivity index (χ1n) is 7.43. The van der Waals surface area contributed by atoms with Crippen molar-refractivity contribution >= 4 is 21.6 Å². The third-order valence-corrected chi connectivity index (χ3v) is 4.83. The molecule has 2 N–H and O–H groups in total. The summed E-state index contributed by atoms with van der Waals surface area (Å²) in [6, 6.07) is 9.20. The van der Waals surface area contributed by atoms with Crippen LogP contribution in [0.15, 0.2) is 47.4 Å². The fourth-order valence-corrected chi connectivity index (χ4v) is 3.40. The summed E-state index contributed by atoms with van der Waals surface area (Å²) in [7, 11) is -3.71. The van der Waals surface area contributed by atoms with Gasteiger partial charge in [0.2, 0.25) is 10.0 Å². The number of carbonyl (C=O) groups excluding carboxylic acids is 1. The van der Waals surface area contributed by atoms with Gasteiger partial charge in [0, 0.05) is 17.3 Å². The van der Waals surface area contributed by atoms with Crippen molar-refractivity contribution in [3.63, 3.8) is 0 Å². The molecular formula is C18H17FN2O3S. The third kappa shape index (κ3) is 4.66. The van der Waals surface area contributed by atoms with E-state index in [2.05, 4.69) is 16.0 Å². The van der Waals surface area contributed by atoms with Crippen LogP contribution in [0.4, 0.5) is 10.1 Å². The Bertz CT molecular complexity index is 947. The number of sulfonamides is 1. The van der Waals surface area contributed by atoms with E-state index in [1.165, 1.54) is 36.4 Å². The zero-order valence-corrected chi connectivity index (χ0v) is 14.5. The van der Waals surface area contributed by atoms with Gasteiger partial charge in [-0.15, -0.1) is 6.42 Å². The third-order valence-electron chi connectivity index (χ3n) is 3.18. The van der Waals surface area contributed by atoms with Crippen LogP contribution >= 0.6 is 0 Å². The Hall–Kier alpha value is -2.69. The first kappa shape index (κ1) is 18.6. The molecule has 1 amide bonds. The van der Waals surface area contributed by atoms with Crippen molar-refractivity contribution in [1.82, 2.24) is 4.72 Å². The second kappa shape index (κ2) is 7.47. The summed E-state index contributed by atoms with van der Waals surface area (Å²) in [6.45, 7) is 3.40. The maximum absolute atomic E-state index is 13.4. The Balaban J connectivity index is 2.26. The zero-order chi connectivity index (χ0) is 18.6. The fourth-order valence-electron chi connectivity index (χ4n) is 2.10. The molecule has 0 fully saturated rings. The van der Waals surface area contributed by atoms with Crippen molar-refractivity contribution < 1.29 is 17.6 Å². The molecule has 0 heterocycles. The van der Waals surface area contributed by atoms with Crippen molar-refractivity contribution in [2.45, 2.75) is 24.8 Å². The molecule has 0 saturated carbocycles. The lowest BCUT2D eigenvalue weighted by Gasteiger charge is -2.11. The standard InChI is InChI=1S/C18H17FN2O3S/c1-4-13-10-15(8-9-17(13)19)20-18(22)14-6-5-7-16(11-14)25(23,24)21-12(2)3/h1,5-12,21H,2-3H3,(H,20,22). The number of halogens is 1. The van der Waals surface area contributed by atoms with Crippen LogP contribution in [0.2, 0.25) is 0 Å². The second-order valence-electron chi connectivity index (χ2n) is 5.60. The molecule has 25 heavy (non-hydrogen) atoms. The SMILES string of the molecule is C#Cc1cc(NC(=O)c2cccc(S(=O)(=O)NC(C)C)c2)ccc1F. The van der Waals surface area contributed by atoms with E-state index in [1.54, 1.807) is 13.8 Å². The summed E-state index contributed by atoms with van der Waals surface area (Å²) >= 11 is 0. The average molecular weight is 360 g/mol. The summed E-state index contributed by atoms with van der Waals surface area (Å²) in [6.07, 6.45) is 5.19. The van der Waals surface area contributed by atoms with Crippen LogP contribution in [0, 0.1) is 18.2 Å². The summed E-state index contributed by atoms with van der Waals surface area (Å²) in [5.41, 5.74) is 0.487. The minimum atomic E-state index is -3.71. The van der Waals surface area contributed by atoms with Crippen molar-refractivity contribution in [1.29, 1.82) is 0 Å². The average Bonchev–Trinajstić information content (AvgIpc) is 2.55. The molecule has 0 aromatic heterocycles. The quantitative estimate of drug-likeness (QED) is 0.805. The monoisotopic (exact) mass is 360 g/mol. The highest BCUT2D eigenvalue weighted by Gasteiger charge is 2.17. The Kier molecular flexibility index (Phi) is 5.57. The molecule has 5 nitrogen and oxygen atoms in total. The Morgan fingerprint density at radius 2 is 1.92 bits per heavy atom. The van der Waals surface area contributed by atoms with E-state index in [1.807, 2.05) is 0 Å². The predicted octanol–water partition coefficient (Wildman–Crippen LogP) is 2.75. The van der Waals surface area contributed by atoms with E-state index in [0.717, 1.165) is 6.07 Å². The van der Waals surface area contributed by atoms with E-state index in [-0.39, 0.29) is 22.1 Å². The highest BCUT2D eigenvalue weighted by Crippen LogP contribution is 2.17. The molecule has 130 valence electrons. The maximum Gasteiger partial charge on any atom is 0.255 e. The molecule has 2 aromatic carbocycles. The molecular weight excluding hydrogens is 343 g/mol. The number of rotatable bonds is 5.